The van der Waals surface area contributed by atoms with Crippen molar-refractivity contribution in [3.63, 3.8) is 0 Å². The van der Waals surface area contributed by atoms with Crippen LogP contribution in [0.15, 0.2) is 17.3 Å². The maximum Gasteiger partial charge on any atom is 0.412 e. The van der Waals surface area contributed by atoms with Crippen LogP contribution in [0.3, 0.4) is 0 Å². The van der Waals surface area contributed by atoms with Crippen LogP contribution < -0.4 is 11.1 Å². The number of ether oxygens (including phenoxy) is 2. The van der Waals surface area contributed by atoms with Gasteiger partial charge in [0.05, 0.1) is 32.2 Å². The van der Waals surface area contributed by atoms with Crippen molar-refractivity contribution < 1.29 is 23.5 Å². The van der Waals surface area contributed by atoms with E-state index < -0.39 is 29.6 Å². The van der Waals surface area contributed by atoms with E-state index in [1.807, 2.05) is 0 Å². The smallest absolute Gasteiger partial charge is 0.412 e. The number of carbonyl (C=O) groups excluding carboxylic acids is 2. The lowest BCUT2D eigenvalue weighted by Gasteiger charge is -2.48. The van der Waals surface area contributed by atoms with Gasteiger partial charge in [-0.05, 0) is 38.0 Å². The van der Waals surface area contributed by atoms with Gasteiger partial charge in [0.2, 0.25) is 5.91 Å². The van der Waals surface area contributed by atoms with E-state index >= 15 is 4.39 Å². The van der Waals surface area contributed by atoms with Crippen molar-refractivity contribution in [1.82, 2.24) is 15.2 Å². The van der Waals surface area contributed by atoms with Gasteiger partial charge in [0.1, 0.15) is 23.5 Å². The molecule has 4 rings (SSSR count). The summed E-state index contributed by atoms with van der Waals surface area (Å²) in [4.78, 5) is 25.8. The molecule has 2 saturated heterocycles. The molecule has 1 aliphatic carbocycles. The van der Waals surface area contributed by atoms with Gasteiger partial charge in [-0.2, -0.15) is 10.4 Å². The summed E-state index contributed by atoms with van der Waals surface area (Å²) in [5.41, 5.74) is 4.32. The maximum absolute atomic E-state index is 15.8. The lowest BCUT2D eigenvalue weighted by atomic mass is 9.81. The minimum atomic E-state index is -1.36. The van der Waals surface area contributed by atoms with E-state index in [4.69, 9.17) is 10.5 Å². The Bertz CT molecular complexity index is 901. The molecule has 3 N–H and O–H groups in total. The number of piperidine rings is 1. The van der Waals surface area contributed by atoms with Crippen molar-refractivity contribution in [2.75, 3.05) is 39.9 Å². The van der Waals surface area contributed by atoms with Crippen LogP contribution in [-0.2, 0) is 14.3 Å². The molecule has 192 valence electrons. The molecular weight excluding hydrogens is 455 g/mol. The van der Waals surface area contributed by atoms with Crippen molar-refractivity contribution in [2.45, 2.75) is 56.3 Å². The number of hydrogen-bond donors (Lipinski definition) is 2. The summed E-state index contributed by atoms with van der Waals surface area (Å²) in [5.74, 6) is -0.744. The van der Waals surface area contributed by atoms with Crippen molar-refractivity contribution in [1.29, 1.82) is 5.26 Å². The highest BCUT2D eigenvalue weighted by molar-refractivity contribution is 6.08. The van der Waals surface area contributed by atoms with Crippen LogP contribution >= 0.6 is 0 Å². The molecule has 35 heavy (non-hydrogen) atoms. The van der Waals surface area contributed by atoms with Crippen LogP contribution in [0.1, 0.15) is 38.5 Å². The zero-order chi connectivity index (χ0) is 25.0. The Balaban J connectivity index is 1.40. The number of hydrazone groups is 1. The topological polar surface area (TPSA) is 133 Å². The van der Waals surface area contributed by atoms with E-state index in [0.29, 0.717) is 30.9 Å². The first kappa shape index (κ1) is 25.4. The van der Waals surface area contributed by atoms with E-state index in [1.54, 1.807) is 0 Å². The van der Waals surface area contributed by atoms with Crippen molar-refractivity contribution >= 4 is 17.8 Å². The minimum Gasteiger partial charge on any atom is -0.453 e. The molecule has 0 bridgehead atoms. The summed E-state index contributed by atoms with van der Waals surface area (Å²) in [5, 5.41) is 17.7. The Labute approximate surface area is 205 Å². The van der Waals surface area contributed by atoms with Crippen LogP contribution in [0.2, 0.25) is 0 Å². The van der Waals surface area contributed by atoms with Gasteiger partial charge in [-0.3, -0.25) is 20.0 Å². The molecular formula is C24H35FN6O4. The molecule has 0 radical (unpaired) electrons. The Hall–Kier alpha value is -2.71. The molecule has 3 heterocycles. The van der Waals surface area contributed by atoms with Gasteiger partial charge in [0, 0.05) is 32.2 Å². The van der Waals surface area contributed by atoms with Crippen LogP contribution in [-0.4, -0.2) is 85.5 Å². The Morgan fingerprint density at radius 1 is 1.37 bits per heavy atom. The number of alkyl carbamates (subject to hydrolysis) is 1. The third kappa shape index (κ3) is 5.43. The number of nitrogens with zero attached hydrogens (tertiary/aromatic N) is 4. The molecule has 0 saturated carbocycles. The number of nitrogens with two attached hydrogens (primary N) is 1. The lowest BCUT2D eigenvalue weighted by molar-refractivity contribution is -0.120. The zero-order valence-electron chi connectivity index (χ0n) is 20.2. The summed E-state index contributed by atoms with van der Waals surface area (Å²) in [7, 11) is 1.19. The van der Waals surface area contributed by atoms with Crippen LogP contribution in [0.4, 0.5) is 9.18 Å². The number of primary amides is 1. The Kier molecular flexibility index (Phi) is 7.91. The molecule has 2 fully saturated rings. The highest BCUT2D eigenvalue weighted by atomic mass is 19.1. The number of nitriles is 1. The highest BCUT2D eigenvalue weighted by Gasteiger charge is 2.51. The SMILES string of the molecule is COC(=O)NC1=NN(C2(CC#N)CCN(CC3C=CC(C4CCCO4)CC3)CC2F)CC1C(N)=O. The lowest BCUT2D eigenvalue weighted by Crippen LogP contribution is -2.61. The average Bonchev–Trinajstić information content (AvgIpc) is 3.52. The molecule has 0 aromatic rings. The normalized spacial score (nSPS) is 35.4. The number of alkyl halides is 1. The number of methoxy groups -OCH3 is 1. The molecule has 10 nitrogen and oxygen atoms in total. The fourth-order valence-electron chi connectivity index (χ4n) is 5.79. The predicted octanol–water partition coefficient (Wildman–Crippen LogP) is 1.53. The zero-order valence-corrected chi connectivity index (χ0v) is 20.2. The van der Waals surface area contributed by atoms with Crippen molar-refractivity contribution in [3.8, 4) is 6.07 Å². The summed E-state index contributed by atoms with van der Waals surface area (Å²) >= 11 is 0. The standard InChI is InChI=1S/C24H35FN6O4/c1-34-23(33)28-22-18(21(27)32)14-31(29-22)24(8-10-26)9-11-30(15-20(24)25)13-16-4-6-17(7-5-16)19-3-2-12-35-19/h4,6,16-20H,2-3,5,7-9,11-15H2,1H3,(H2,27,32)(H,28,29,33). The molecule has 3 aliphatic heterocycles. The van der Waals surface area contributed by atoms with Gasteiger partial charge in [-0.1, -0.05) is 12.2 Å². The summed E-state index contributed by atoms with van der Waals surface area (Å²) in [6, 6.07) is 2.10. The number of amides is 2. The highest BCUT2D eigenvalue weighted by Crippen LogP contribution is 2.38. The second-order valence-electron chi connectivity index (χ2n) is 9.99. The predicted molar refractivity (Wildman–Crippen MR) is 126 cm³/mol. The van der Waals surface area contributed by atoms with Crippen molar-refractivity contribution in [3.05, 3.63) is 12.2 Å². The minimum absolute atomic E-state index is 0.00670. The summed E-state index contributed by atoms with van der Waals surface area (Å²) in [6.07, 6.45) is 7.41. The molecule has 11 heteroatoms. The maximum atomic E-state index is 15.8. The first-order chi connectivity index (χ1) is 16.9. The number of nitrogens with one attached hydrogen (secondary N) is 1. The molecule has 6 unspecified atom stereocenters. The quantitative estimate of drug-likeness (QED) is 0.540. The number of halogens is 1. The first-order valence-corrected chi connectivity index (χ1v) is 12.4. The summed E-state index contributed by atoms with van der Waals surface area (Å²) in [6.45, 7) is 2.41. The number of likely N-dealkylation sites (tertiary alicyclic amines) is 1. The van der Waals surface area contributed by atoms with Gasteiger partial charge in [0.15, 0.2) is 0 Å². The third-order valence-electron chi connectivity index (χ3n) is 7.87. The van der Waals surface area contributed by atoms with E-state index in [9.17, 15) is 14.9 Å². The van der Waals surface area contributed by atoms with Gasteiger partial charge in [-0.15, -0.1) is 0 Å². The van der Waals surface area contributed by atoms with Crippen LogP contribution in [0.25, 0.3) is 0 Å². The van der Waals surface area contributed by atoms with Gasteiger partial charge in [-0.25, -0.2) is 9.18 Å². The van der Waals surface area contributed by atoms with E-state index in [0.717, 1.165) is 38.8 Å². The van der Waals surface area contributed by atoms with Gasteiger partial charge < -0.3 is 15.2 Å². The Morgan fingerprint density at radius 2 is 2.20 bits per heavy atom. The van der Waals surface area contributed by atoms with Crippen LogP contribution in [0, 0.1) is 29.1 Å². The third-order valence-corrected chi connectivity index (χ3v) is 7.87. The van der Waals surface area contributed by atoms with Gasteiger partial charge >= 0.3 is 6.09 Å². The van der Waals surface area contributed by atoms with Crippen molar-refractivity contribution in [2.24, 2.45) is 28.6 Å². The molecule has 0 spiro atoms. The molecule has 2 amide bonds. The molecule has 0 aromatic heterocycles. The molecule has 6 atom stereocenters. The monoisotopic (exact) mass is 490 g/mol. The second kappa shape index (κ2) is 10.9. The van der Waals surface area contributed by atoms with E-state index in [1.165, 1.54) is 12.1 Å². The molecule has 0 aromatic carbocycles. The van der Waals surface area contributed by atoms with E-state index in [-0.39, 0.29) is 25.3 Å². The number of carbonyl (C=O) groups is 2. The Morgan fingerprint density at radius 3 is 2.80 bits per heavy atom. The van der Waals surface area contributed by atoms with E-state index in [2.05, 4.69) is 38.3 Å². The average molecular weight is 491 g/mol. The fraction of sp³-hybridized carbons (Fsp3) is 0.750. The fourth-order valence-corrected chi connectivity index (χ4v) is 5.79. The molecule has 4 aliphatic rings. The number of rotatable bonds is 6. The number of amidine groups is 1. The number of hydrogen-bond acceptors (Lipinski definition) is 8. The first-order valence-electron chi connectivity index (χ1n) is 12.4. The second-order valence-corrected chi connectivity index (χ2v) is 9.99. The summed E-state index contributed by atoms with van der Waals surface area (Å²) < 4.78 is 26.3. The van der Waals surface area contributed by atoms with Crippen LogP contribution in [0.5, 0.6) is 0 Å². The van der Waals surface area contributed by atoms with Gasteiger partial charge in [0.25, 0.3) is 0 Å². The largest absolute Gasteiger partial charge is 0.453 e.